The lowest BCUT2D eigenvalue weighted by atomic mass is 10.1. The summed E-state index contributed by atoms with van der Waals surface area (Å²) in [5, 5.41) is 3.70. The lowest BCUT2D eigenvalue weighted by molar-refractivity contribution is 0.0604. The van der Waals surface area contributed by atoms with E-state index in [1.54, 1.807) is 0 Å². The molecule has 0 unspecified atom stereocenters. The van der Waals surface area contributed by atoms with Crippen molar-refractivity contribution in [3.63, 3.8) is 0 Å². The van der Waals surface area contributed by atoms with Crippen LogP contribution in [0.15, 0.2) is 42.9 Å². The second kappa shape index (κ2) is 6.53. The fourth-order valence-electron chi connectivity index (χ4n) is 2.21. The molecule has 7 heteroatoms. The third-order valence-corrected chi connectivity index (χ3v) is 4.48. The number of ether oxygens (including phenoxy) is 1. The number of amides is 1. The molecule has 0 saturated carbocycles. The minimum Gasteiger partial charge on any atom is -0.465 e. The van der Waals surface area contributed by atoms with Crippen molar-refractivity contribution in [1.82, 2.24) is 15.3 Å². The van der Waals surface area contributed by atoms with Gasteiger partial charge in [0.1, 0.15) is 10.6 Å². The first-order valence-electron chi connectivity index (χ1n) is 6.83. The van der Waals surface area contributed by atoms with E-state index >= 15 is 0 Å². The Hall–Kier alpha value is -2.80. The van der Waals surface area contributed by atoms with Crippen LogP contribution in [0.25, 0.3) is 10.1 Å². The molecule has 0 spiro atoms. The van der Waals surface area contributed by atoms with E-state index in [1.165, 1.54) is 37.0 Å². The predicted octanol–water partition coefficient (Wildman–Crippen LogP) is 2.41. The average molecular weight is 327 g/mol. The first-order valence-corrected chi connectivity index (χ1v) is 7.65. The topological polar surface area (TPSA) is 81.2 Å². The van der Waals surface area contributed by atoms with Crippen LogP contribution in [0, 0.1) is 0 Å². The van der Waals surface area contributed by atoms with E-state index in [4.69, 9.17) is 4.74 Å². The molecule has 3 rings (SSSR count). The van der Waals surface area contributed by atoms with Gasteiger partial charge in [-0.25, -0.2) is 9.78 Å². The number of nitrogens with one attached hydrogen (secondary N) is 1. The summed E-state index contributed by atoms with van der Waals surface area (Å²) in [6, 6.07) is 7.65. The monoisotopic (exact) mass is 327 g/mol. The number of rotatable bonds is 4. The van der Waals surface area contributed by atoms with E-state index in [0.717, 1.165) is 15.6 Å². The Bertz CT molecular complexity index is 861. The molecular formula is C16H13N3O3S. The number of nitrogens with zero attached hydrogens (tertiary/aromatic N) is 2. The maximum absolute atomic E-state index is 12.1. The van der Waals surface area contributed by atoms with Gasteiger partial charge in [0.05, 0.1) is 13.3 Å². The van der Waals surface area contributed by atoms with E-state index in [2.05, 4.69) is 15.3 Å². The van der Waals surface area contributed by atoms with Gasteiger partial charge in [-0.15, -0.1) is 11.3 Å². The maximum Gasteiger partial charge on any atom is 0.348 e. The van der Waals surface area contributed by atoms with Gasteiger partial charge >= 0.3 is 5.97 Å². The highest BCUT2D eigenvalue weighted by Crippen LogP contribution is 2.31. The smallest absolute Gasteiger partial charge is 0.348 e. The molecule has 1 N–H and O–H groups in total. The highest BCUT2D eigenvalue weighted by atomic mass is 32.1. The third-order valence-electron chi connectivity index (χ3n) is 3.29. The Kier molecular flexibility index (Phi) is 4.29. The first-order chi connectivity index (χ1) is 11.2. The van der Waals surface area contributed by atoms with Crippen molar-refractivity contribution in [2.75, 3.05) is 7.11 Å². The third kappa shape index (κ3) is 3.04. The maximum atomic E-state index is 12.1. The van der Waals surface area contributed by atoms with Crippen LogP contribution in [-0.2, 0) is 11.3 Å². The Balaban J connectivity index is 1.90. The van der Waals surface area contributed by atoms with Crippen LogP contribution < -0.4 is 5.32 Å². The van der Waals surface area contributed by atoms with E-state index < -0.39 is 5.97 Å². The summed E-state index contributed by atoms with van der Waals surface area (Å²) in [5.74, 6) is -0.751. The fraction of sp³-hybridized carbons (Fsp3) is 0.125. The molecule has 23 heavy (non-hydrogen) atoms. The number of carbonyl (C=O) groups excluding carboxylic acids is 2. The summed E-state index contributed by atoms with van der Waals surface area (Å²) in [6.07, 6.45) is 4.34. The molecule has 0 aliphatic carbocycles. The molecule has 2 aromatic heterocycles. The molecule has 116 valence electrons. The van der Waals surface area contributed by atoms with Gasteiger partial charge in [0, 0.05) is 29.2 Å². The number of aromatic nitrogens is 2. The Morgan fingerprint density at radius 1 is 1.26 bits per heavy atom. The zero-order valence-electron chi connectivity index (χ0n) is 12.3. The van der Waals surface area contributed by atoms with Gasteiger partial charge in [-0.3, -0.25) is 9.78 Å². The molecule has 6 nitrogen and oxygen atoms in total. The number of methoxy groups -OCH3 is 1. The number of carbonyl (C=O) groups is 2. The van der Waals surface area contributed by atoms with Gasteiger partial charge in [-0.05, 0) is 11.5 Å². The molecule has 1 aromatic carbocycles. The lowest BCUT2D eigenvalue weighted by Crippen LogP contribution is -2.24. The minimum absolute atomic E-state index is 0.212. The van der Waals surface area contributed by atoms with Crippen LogP contribution in [-0.4, -0.2) is 29.0 Å². The highest BCUT2D eigenvalue weighted by molar-refractivity contribution is 7.21. The number of benzene rings is 1. The standard InChI is InChI=1S/C16H13N3O3S/c1-22-16(21)14-11(10-4-2-3-5-13(10)23-14)8-19-15(20)12-9-17-6-7-18-12/h2-7,9H,8H2,1H3,(H,19,20). The van der Waals surface area contributed by atoms with Crippen LogP contribution in [0.1, 0.15) is 25.7 Å². The molecule has 1 amide bonds. The van der Waals surface area contributed by atoms with Gasteiger partial charge in [0.15, 0.2) is 0 Å². The molecule has 0 radical (unpaired) electrons. The van der Waals surface area contributed by atoms with Crippen LogP contribution in [0.4, 0.5) is 0 Å². The van der Waals surface area contributed by atoms with Crippen LogP contribution in [0.3, 0.4) is 0 Å². The van der Waals surface area contributed by atoms with E-state index in [0.29, 0.717) is 4.88 Å². The van der Waals surface area contributed by atoms with Crippen molar-refractivity contribution in [2.24, 2.45) is 0 Å². The van der Waals surface area contributed by atoms with Gasteiger partial charge in [0.2, 0.25) is 0 Å². The Morgan fingerprint density at radius 2 is 2.09 bits per heavy atom. The second-order valence-corrected chi connectivity index (χ2v) is 5.72. The summed E-state index contributed by atoms with van der Waals surface area (Å²) in [4.78, 5) is 32.4. The quantitative estimate of drug-likeness (QED) is 0.744. The van der Waals surface area contributed by atoms with Crippen LogP contribution >= 0.6 is 11.3 Å². The largest absolute Gasteiger partial charge is 0.465 e. The molecule has 0 saturated heterocycles. The average Bonchev–Trinajstić information content (AvgIpc) is 2.98. The summed E-state index contributed by atoms with van der Waals surface area (Å²) >= 11 is 1.35. The van der Waals surface area contributed by atoms with Crippen molar-refractivity contribution in [3.05, 3.63) is 59.0 Å². The number of thiophene rings is 1. The van der Waals surface area contributed by atoms with Crippen molar-refractivity contribution in [3.8, 4) is 0 Å². The van der Waals surface area contributed by atoms with Crippen molar-refractivity contribution >= 4 is 33.3 Å². The first kappa shape index (κ1) is 15.1. The number of esters is 1. The second-order valence-electron chi connectivity index (χ2n) is 4.67. The lowest BCUT2D eigenvalue weighted by Gasteiger charge is -2.06. The SMILES string of the molecule is COC(=O)c1sc2ccccc2c1CNC(=O)c1cnccn1. The molecular weight excluding hydrogens is 314 g/mol. The summed E-state index contributed by atoms with van der Waals surface area (Å²) in [5.41, 5.74) is 0.973. The van der Waals surface area contributed by atoms with Crippen LogP contribution in [0.5, 0.6) is 0 Å². The molecule has 0 fully saturated rings. The Labute approximate surface area is 136 Å². The minimum atomic E-state index is -0.407. The zero-order valence-corrected chi connectivity index (χ0v) is 13.1. The van der Waals surface area contributed by atoms with Gasteiger partial charge in [-0.2, -0.15) is 0 Å². The molecule has 0 aliphatic heterocycles. The summed E-state index contributed by atoms with van der Waals surface area (Å²) < 4.78 is 5.80. The predicted molar refractivity (Wildman–Crippen MR) is 86.4 cm³/mol. The fourth-order valence-corrected chi connectivity index (χ4v) is 3.35. The molecule has 0 atom stereocenters. The van der Waals surface area contributed by atoms with Crippen LogP contribution in [0.2, 0.25) is 0 Å². The van der Waals surface area contributed by atoms with Gasteiger partial charge in [0.25, 0.3) is 5.91 Å². The molecule has 0 bridgehead atoms. The van der Waals surface area contributed by atoms with E-state index in [9.17, 15) is 9.59 Å². The van der Waals surface area contributed by atoms with E-state index in [-0.39, 0.29) is 18.1 Å². The number of hydrogen-bond acceptors (Lipinski definition) is 6. The zero-order chi connectivity index (χ0) is 16.2. The van der Waals surface area contributed by atoms with Crippen molar-refractivity contribution in [1.29, 1.82) is 0 Å². The summed E-state index contributed by atoms with van der Waals surface area (Å²) in [6.45, 7) is 0.212. The number of hydrogen-bond donors (Lipinski definition) is 1. The molecule has 3 aromatic rings. The Morgan fingerprint density at radius 3 is 2.83 bits per heavy atom. The normalized spacial score (nSPS) is 10.5. The van der Waals surface area contributed by atoms with Crippen molar-refractivity contribution in [2.45, 2.75) is 6.54 Å². The van der Waals surface area contributed by atoms with Gasteiger partial charge < -0.3 is 10.1 Å². The highest BCUT2D eigenvalue weighted by Gasteiger charge is 2.19. The molecule has 2 heterocycles. The van der Waals surface area contributed by atoms with Crippen molar-refractivity contribution < 1.29 is 14.3 Å². The number of fused-ring (bicyclic) bond motifs is 1. The van der Waals surface area contributed by atoms with E-state index in [1.807, 2.05) is 24.3 Å². The molecule has 0 aliphatic rings. The summed E-state index contributed by atoms with van der Waals surface area (Å²) in [7, 11) is 1.34. The van der Waals surface area contributed by atoms with Gasteiger partial charge in [-0.1, -0.05) is 18.2 Å².